The molecule has 3 heteroatoms. The quantitative estimate of drug-likeness (QED) is 0.684. The normalized spacial score (nSPS) is 14.8. The molecule has 1 aliphatic heterocycles. The summed E-state index contributed by atoms with van der Waals surface area (Å²) in [6, 6.07) is 0. The molecule has 1 aromatic heterocycles. The molecule has 0 spiro atoms. The number of aromatic nitrogens is 2. The first-order valence-electron chi connectivity index (χ1n) is 4.87. The van der Waals surface area contributed by atoms with Crippen molar-refractivity contribution in [3.63, 3.8) is 0 Å². The van der Waals surface area contributed by atoms with E-state index in [1.165, 1.54) is 5.56 Å². The molecule has 0 radical (unpaired) electrons. The highest BCUT2D eigenvalue weighted by Crippen LogP contribution is 2.23. The van der Waals surface area contributed by atoms with E-state index in [2.05, 4.69) is 28.8 Å². The van der Waals surface area contributed by atoms with E-state index >= 15 is 0 Å². The van der Waals surface area contributed by atoms with Gasteiger partial charge in [0.1, 0.15) is 11.6 Å². The van der Waals surface area contributed by atoms with Crippen LogP contribution in [0, 0.1) is 0 Å². The monoisotopic (exact) mass is 177 g/mol. The third-order valence-corrected chi connectivity index (χ3v) is 2.44. The maximum atomic E-state index is 4.54. The minimum Gasteiger partial charge on any atom is -0.359 e. The van der Waals surface area contributed by atoms with E-state index in [1.54, 1.807) is 0 Å². The van der Waals surface area contributed by atoms with Crippen LogP contribution in [0.15, 0.2) is 6.20 Å². The predicted octanol–water partition coefficient (Wildman–Crippen LogP) is 1.42. The van der Waals surface area contributed by atoms with E-state index < -0.39 is 0 Å². The van der Waals surface area contributed by atoms with E-state index in [4.69, 9.17) is 0 Å². The summed E-state index contributed by atoms with van der Waals surface area (Å²) in [5.41, 5.74) is 1.29. The van der Waals surface area contributed by atoms with Gasteiger partial charge in [0, 0.05) is 31.8 Å². The fraction of sp³-hybridized carbons (Fsp3) is 0.600. The van der Waals surface area contributed by atoms with Gasteiger partial charge in [-0.15, -0.1) is 0 Å². The third-order valence-electron chi connectivity index (χ3n) is 2.44. The Hall–Kier alpha value is -1.12. The molecule has 0 atom stereocenters. The molecule has 2 rings (SSSR count). The Balaban J connectivity index is 2.31. The largest absolute Gasteiger partial charge is 0.359 e. The van der Waals surface area contributed by atoms with E-state index in [9.17, 15) is 0 Å². The lowest BCUT2D eigenvalue weighted by Crippen LogP contribution is -2.14. The van der Waals surface area contributed by atoms with E-state index in [0.29, 0.717) is 0 Å². The highest BCUT2D eigenvalue weighted by atomic mass is 15.2. The average Bonchev–Trinajstić information content (AvgIpc) is 2.49. The van der Waals surface area contributed by atoms with Gasteiger partial charge >= 0.3 is 0 Å². The molecule has 0 N–H and O–H groups in total. The van der Waals surface area contributed by atoms with Crippen LogP contribution in [0.3, 0.4) is 0 Å². The van der Waals surface area contributed by atoms with Crippen molar-refractivity contribution in [2.45, 2.75) is 26.2 Å². The molecule has 0 fully saturated rings. The maximum Gasteiger partial charge on any atom is 0.135 e. The minimum atomic E-state index is 0.981. The second-order valence-electron chi connectivity index (χ2n) is 3.56. The van der Waals surface area contributed by atoms with Crippen molar-refractivity contribution in [1.82, 2.24) is 9.97 Å². The summed E-state index contributed by atoms with van der Waals surface area (Å²) in [4.78, 5) is 11.1. The molecule has 0 unspecified atom stereocenters. The summed E-state index contributed by atoms with van der Waals surface area (Å²) >= 11 is 0. The minimum absolute atomic E-state index is 0.981. The number of likely N-dealkylation sites (N-methyl/N-ethyl adjacent to an activating group) is 1. The summed E-state index contributed by atoms with van der Waals surface area (Å²) in [5.74, 6) is 2.12. The Bertz CT molecular complexity index is 309. The zero-order valence-electron chi connectivity index (χ0n) is 8.25. The van der Waals surface area contributed by atoms with Gasteiger partial charge in [0.25, 0.3) is 0 Å². The smallest absolute Gasteiger partial charge is 0.135 e. The van der Waals surface area contributed by atoms with Gasteiger partial charge in [-0.25, -0.2) is 9.97 Å². The summed E-state index contributed by atoms with van der Waals surface area (Å²) in [6.07, 6.45) is 5.18. The van der Waals surface area contributed by atoms with Crippen LogP contribution in [0.25, 0.3) is 0 Å². The van der Waals surface area contributed by atoms with Gasteiger partial charge in [-0.05, 0) is 12.8 Å². The molecule has 3 nitrogen and oxygen atoms in total. The van der Waals surface area contributed by atoms with Gasteiger partial charge in [0.05, 0.1) is 0 Å². The number of rotatable bonds is 2. The first-order chi connectivity index (χ1) is 6.31. The average molecular weight is 177 g/mol. The van der Waals surface area contributed by atoms with Crippen LogP contribution in [-0.4, -0.2) is 23.6 Å². The number of hydrogen-bond acceptors (Lipinski definition) is 3. The van der Waals surface area contributed by atoms with Gasteiger partial charge in [0.15, 0.2) is 0 Å². The van der Waals surface area contributed by atoms with Crippen LogP contribution in [-0.2, 0) is 12.8 Å². The summed E-state index contributed by atoms with van der Waals surface area (Å²) in [6.45, 7) is 3.24. The Morgan fingerprint density at radius 2 is 2.38 bits per heavy atom. The lowest BCUT2D eigenvalue weighted by molar-refractivity contribution is 0.829. The van der Waals surface area contributed by atoms with Crippen molar-refractivity contribution >= 4 is 5.82 Å². The van der Waals surface area contributed by atoms with Crippen LogP contribution >= 0.6 is 0 Å². The van der Waals surface area contributed by atoms with Gasteiger partial charge in [-0.3, -0.25) is 0 Å². The lowest BCUT2D eigenvalue weighted by Gasteiger charge is -2.10. The zero-order valence-corrected chi connectivity index (χ0v) is 8.25. The molecule has 1 aliphatic rings. The first-order valence-corrected chi connectivity index (χ1v) is 4.87. The van der Waals surface area contributed by atoms with Crippen molar-refractivity contribution in [1.29, 1.82) is 0 Å². The van der Waals surface area contributed by atoms with Gasteiger partial charge < -0.3 is 4.90 Å². The molecular formula is C10H15N3. The first kappa shape index (κ1) is 8.48. The molecule has 0 aromatic carbocycles. The molecule has 0 saturated heterocycles. The van der Waals surface area contributed by atoms with Gasteiger partial charge in [-0.2, -0.15) is 0 Å². The molecule has 0 amide bonds. The zero-order chi connectivity index (χ0) is 9.26. The fourth-order valence-electron chi connectivity index (χ4n) is 1.68. The van der Waals surface area contributed by atoms with Crippen LogP contribution in [0.1, 0.15) is 24.7 Å². The number of nitrogens with zero attached hydrogens (tertiary/aromatic N) is 3. The standard InChI is InChI=1S/C10H15N3/c1-3-4-9-11-7-8-5-6-13(2)10(8)12-9/h7H,3-6H2,1-2H3. The highest BCUT2D eigenvalue weighted by Gasteiger charge is 2.17. The SMILES string of the molecule is CCCc1ncc2c(n1)N(C)CC2. The second-order valence-corrected chi connectivity index (χ2v) is 3.56. The highest BCUT2D eigenvalue weighted by molar-refractivity contribution is 5.50. The second kappa shape index (κ2) is 3.32. The number of anilines is 1. The van der Waals surface area contributed by atoms with Crippen molar-refractivity contribution in [2.24, 2.45) is 0 Å². The van der Waals surface area contributed by atoms with Crippen LogP contribution < -0.4 is 4.90 Å². The Morgan fingerprint density at radius 1 is 1.54 bits per heavy atom. The van der Waals surface area contributed by atoms with Gasteiger partial charge in [0.2, 0.25) is 0 Å². The van der Waals surface area contributed by atoms with Gasteiger partial charge in [-0.1, -0.05) is 6.92 Å². The molecule has 0 aliphatic carbocycles. The predicted molar refractivity (Wildman–Crippen MR) is 53.0 cm³/mol. The number of hydrogen-bond donors (Lipinski definition) is 0. The van der Waals surface area contributed by atoms with Crippen LogP contribution in [0.2, 0.25) is 0 Å². The van der Waals surface area contributed by atoms with Crippen molar-refractivity contribution in [3.8, 4) is 0 Å². The van der Waals surface area contributed by atoms with E-state index in [1.807, 2.05) is 6.20 Å². The molecule has 0 saturated carbocycles. The summed E-state index contributed by atoms with van der Waals surface area (Å²) in [7, 11) is 2.09. The Labute approximate surface area is 78.8 Å². The van der Waals surface area contributed by atoms with Crippen molar-refractivity contribution < 1.29 is 0 Å². The van der Waals surface area contributed by atoms with Crippen molar-refractivity contribution in [2.75, 3.05) is 18.5 Å². The molecule has 13 heavy (non-hydrogen) atoms. The molecule has 0 bridgehead atoms. The molecule has 2 heterocycles. The number of aryl methyl sites for hydroxylation is 1. The van der Waals surface area contributed by atoms with E-state index in [-0.39, 0.29) is 0 Å². The summed E-state index contributed by atoms with van der Waals surface area (Å²) in [5, 5.41) is 0. The summed E-state index contributed by atoms with van der Waals surface area (Å²) < 4.78 is 0. The topological polar surface area (TPSA) is 29.0 Å². The maximum absolute atomic E-state index is 4.54. The molecule has 1 aromatic rings. The van der Waals surface area contributed by atoms with Crippen LogP contribution in [0.5, 0.6) is 0 Å². The Morgan fingerprint density at radius 3 is 3.15 bits per heavy atom. The third kappa shape index (κ3) is 1.50. The number of fused-ring (bicyclic) bond motifs is 1. The van der Waals surface area contributed by atoms with Crippen LogP contribution in [0.4, 0.5) is 5.82 Å². The molecular weight excluding hydrogens is 162 g/mol. The van der Waals surface area contributed by atoms with Crippen molar-refractivity contribution in [3.05, 3.63) is 17.6 Å². The molecule has 70 valence electrons. The lowest BCUT2D eigenvalue weighted by atomic mass is 10.2. The van der Waals surface area contributed by atoms with E-state index in [0.717, 1.165) is 37.4 Å². The fourth-order valence-corrected chi connectivity index (χ4v) is 1.68. The Kier molecular flexibility index (Phi) is 2.17.